The van der Waals surface area contributed by atoms with Crippen LogP contribution < -0.4 is 0 Å². The molecule has 1 aliphatic carbocycles. The quantitative estimate of drug-likeness (QED) is 0.772. The Morgan fingerprint density at radius 3 is 2.59 bits per heavy atom. The SMILES string of the molecule is CCC(=O)N(C)C1CCN(C(C)(C)CC2=CC=CCC2)CC1. The summed E-state index contributed by atoms with van der Waals surface area (Å²) in [5.74, 6) is 0.275. The van der Waals surface area contributed by atoms with Gasteiger partial charge in [0.25, 0.3) is 0 Å². The first-order valence-corrected chi connectivity index (χ1v) is 8.79. The van der Waals surface area contributed by atoms with Crippen LogP contribution in [0.15, 0.2) is 23.8 Å². The summed E-state index contributed by atoms with van der Waals surface area (Å²) in [5, 5.41) is 0. The molecule has 2 aliphatic rings. The van der Waals surface area contributed by atoms with E-state index in [1.165, 1.54) is 12.8 Å². The third-order valence-corrected chi connectivity index (χ3v) is 5.32. The van der Waals surface area contributed by atoms with E-state index >= 15 is 0 Å². The van der Waals surface area contributed by atoms with Crippen molar-refractivity contribution in [2.45, 2.75) is 70.9 Å². The van der Waals surface area contributed by atoms with Gasteiger partial charge in [-0.3, -0.25) is 9.69 Å². The molecule has 1 aliphatic heterocycles. The van der Waals surface area contributed by atoms with E-state index < -0.39 is 0 Å². The van der Waals surface area contributed by atoms with Gasteiger partial charge in [0.05, 0.1) is 0 Å². The highest BCUT2D eigenvalue weighted by atomic mass is 16.2. The number of rotatable bonds is 5. The molecule has 0 atom stereocenters. The Labute approximate surface area is 136 Å². The van der Waals surface area contributed by atoms with Crippen LogP contribution in [0.4, 0.5) is 0 Å². The van der Waals surface area contributed by atoms with Crippen molar-refractivity contribution in [3.63, 3.8) is 0 Å². The number of hydrogen-bond acceptors (Lipinski definition) is 2. The Bertz CT molecular complexity index is 442. The Morgan fingerprint density at radius 1 is 1.36 bits per heavy atom. The molecule has 22 heavy (non-hydrogen) atoms. The molecule has 0 aromatic rings. The highest BCUT2D eigenvalue weighted by molar-refractivity contribution is 5.75. The molecule has 1 fully saturated rings. The fraction of sp³-hybridized carbons (Fsp3) is 0.737. The molecule has 0 bridgehead atoms. The zero-order valence-corrected chi connectivity index (χ0v) is 14.8. The number of allylic oxidation sites excluding steroid dienone is 3. The molecule has 124 valence electrons. The molecule has 0 N–H and O–H groups in total. The number of likely N-dealkylation sites (tertiary alicyclic amines) is 1. The topological polar surface area (TPSA) is 23.6 Å². The molecule has 0 radical (unpaired) electrons. The van der Waals surface area contributed by atoms with Crippen LogP contribution in [0, 0.1) is 0 Å². The van der Waals surface area contributed by atoms with Gasteiger partial charge in [-0.25, -0.2) is 0 Å². The number of carbonyl (C=O) groups excluding carboxylic acids is 1. The lowest BCUT2D eigenvalue weighted by atomic mass is 9.87. The van der Waals surface area contributed by atoms with Crippen molar-refractivity contribution in [1.29, 1.82) is 0 Å². The summed E-state index contributed by atoms with van der Waals surface area (Å²) in [4.78, 5) is 16.4. The second kappa shape index (κ2) is 7.45. The van der Waals surface area contributed by atoms with Crippen LogP contribution in [0.1, 0.15) is 59.3 Å². The fourth-order valence-corrected chi connectivity index (χ4v) is 3.78. The van der Waals surface area contributed by atoms with Crippen LogP contribution in [0.3, 0.4) is 0 Å². The summed E-state index contributed by atoms with van der Waals surface area (Å²) in [6.07, 6.45) is 13.1. The first kappa shape index (κ1) is 17.3. The van der Waals surface area contributed by atoms with Gasteiger partial charge < -0.3 is 4.90 Å². The van der Waals surface area contributed by atoms with Gasteiger partial charge in [-0.05, 0) is 46.0 Å². The number of amides is 1. The van der Waals surface area contributed by atoms with E-state index in [1.807, 2.05) is 18.9 Å². The molecule has 1 heterocycles. The van der Waals surface area contributed by atoms with E-state index in [2.05, 4.69) is 37.0 Å². The summed E-state index contributed by atoms with van der Waals surface area (Å²) in [6.45, 7) is 8.88. The van der Waals surface area contributed by atoms with Crippen molar-refractivity contribution in [3.05, 3.63) is 23.8 Å². The minimum absolute atomic E-state index is 0.218. The molecule has 3 nitrogen and oxygen atoms in total. The summed E-state index contributed by atoms with van der Waals surface area (Å²) in [7, 11) is 1.97. The average Bonchev–Trinajstić information content (AvgIpc) is 2.54. The van der Waals surface area contributed by atoms with Gasteiger partial charge >= 0.3 is 0 Å². The zero-order chi connectivity index (χ0) is 16.2. The second-order valence-electron chi connectivity index (χ2n) is 7.36. The third-order valence-electron chi connectivity index (χ3n) is 5.32. The summed E-state index contributed by atoms with van der Waals surface area (Å²) in [5.41, 5.74) is 1.79. The smallest absolute Gasteiger partial charge is 0.222 e. The van der Waals surface area contributed by atoms with Crippen LogP contribution in [0.2, 0.25) is 0 Å². The molecule has 3 heteroatoms. The van der Waals surface area contributed by atoms with Crippen molar-refractivity contribution in [3.8, 4) is 0 Å². The van der Waals surface area contributed by atoms with Gasteiger partial charge in [0.15, 0.2) is 0 Å². The maximum Gasteiger partial charge on any atom is 0.222 e. The van der Waals surface area contributed by atoms with Crippen LogP contribution in [-0.2, 0) is 4.79 Å². The van der Waals surface area contributed by atoms with Crippen LogP contribution >= 0.6 is 0 Å². The van der Waals surface area contributed by atoms with Gasteiger partial charge in [-0.15, -0.1) is 0 Å². The van der Waals surface area contributed by atoms with Gasteiger partial charge in [0.1, 0.15) is 0 Å². The molecule has 2 rings (SSSR count). The van der Waals surface area contributed by atoms with E-state index in [0.29, 0.717) is 12.5 Å². The molecule has 0 aromatic heterocycles. The molecule has 0 spiro atoms. The van der Waals surface area contributed by atoms with Crippen molar-refractivity contribution in [2.75, 3.05) is 20.1 Å². The number of nitrogens with zero attached hydrogens (tertiary/aromatic N) is 2. The number of carbonyl (C=O) groups is 1. The van der Waals surface area contributed by atoms with Crippen molar-refractivity contribution in [1.82, 2.24) is 9.80 Å². The largest absolute Gasteiger partial charge is 0.343 e. The molecule has 1 amide bonds. The Hall–Kier alpha value is -1.09. The first-order valence-electron chi connectivity index (χ1n) is 8.79. The standard InChI is InChI=1S/C19H32N2O/c1-5-18(22)20(4)17-11-13-21(14-12-17)19(2,3)15-16-9-7-6-8-10-16/h6-7,9,17H,5,8,10-15H2,1-4H3. The Morgan fingerprint density at radius 2 is 2.05 bits per heavy atom. The lowest BCUT2D eigenvalue weighted by Crippen LogP contribution is -2.52. The Balaban J connectivity index is 1.88. The number of piperidine rings is 1. The van der Waals surface area contributed by atoms with Gasteiger partial charge in [-0.1, -0.05) is 30.7 Å². The van der Waals surface area contributed by atoms with E-state index in [9.17, 15) is 4.79 Å². The van der Waals surface area contributed by atoms with Gasteiger partial charge in [0, 0.05) is 38.1 Å². The maximum absolute atomic E-state index is 11.9. The van der Waals surface area contributed by atoms with Crippen LogP contribution in [0.5, 0.6) is 0 Å². The van der Waals surface area contributed by atoms with E-state index in [1.54, 1.807) is 5.57 Å². The lowest BCUT2D eigenvalue weighted by Gasteiger charge is -2.45. The zero-order valence-electron chi connectivity index (χ0n) is 14.8. The van der Waals surface area contributed by atoms with Gasteiger partial charge in [0.2, 0.25) is 5.91 Å². The van der Waals surface area contributed by atoms with Crippen LogP contribution in [0.25, 0.3) is 0 Å². The van der Waals surface area contributed by atoms with E-state index in [0.717, 1.165) is 32.4 Å². The fourth-order valence-electron chi connectivity index (χ4n) is 3.78. The van der Waals surface area contributed by atoms with Crippen LogP contribution in [-0.4, -0.2) is 47.4 Å². The minimum Gasteiger partial charge on any atom is -0.343 e. The summed E-state index contributed by atoms with van der Waals surface area (Å²) >= 11 is 0. The predicted octanol–water partition coefficient (Wildman–Crippen LogP) is 3.76. The summed E-state index contributed by atoms with van der Waals surface area (Å²) < 4.78 is 0. The number of hydrogen-bond donors (Lipinski definition) is 0. The first-order chi connectivity index (χ1) is 10.4. The monoisotopic (exact) mass is 304 g/mol. The highest BCUT2D eigenvalue weighted by Crippen LogP contribution is 2.30. The van der Waals surface area contributed by atoms with Crippen molar-refractivity contribution < 1.29 is 4.79 Å². The predicted molar refractivity (Wildman–Crippen MR) is 92.8 cm³/mol. The Kier molecular flexibility index (Phi) is 5.85. The molecule has 0 unspecified atom stereocenters. The summed E-state index contributed by atoms with van der Waals surface area (Å²) in [6, 6.07) is 0.427. The third kappa shape index (κ3) is 4.22. The van der Waals surface area contributed by atoms with E-state index in [-0.39, 0.29) is 11.4 Å². The second-order valence-corrected chi connectivity index (χ2v) is 7.36. The maximum atomic E-state index is 11.9. The lowest BCUT2D eigenvalue weighted by molar-refractivity contribution is -0.132. The highest BCUT2D eigenvalue weighted by Gasteiger charge is 2.33. The molecule has 0 aromatic carbocycles. The minimum atomic E-state index is 0.218. The van der Waals surface area contributed by atoms with Crippen molar-refractivity contribution in [2.24, 2.45) is 0 Å². The van der Waals surface area contributed by atoms with Gasteiger partial charge in [-0.2, -0.15) is 0 Å². The molecular weight excluding hydrogens is 272 g/mol. The molecule has 1 saturated heterocycles. The van der Waals surface area contributed by atoms with Crippen molar-refractivity contribution >= 4 is 5.91 Å². The normalized spacial score (nSPS) is 20.8. The average molecular weight is 304 g/mol. The molecular formula is C19H32N2O. The van der Waals surface area contributed by atoms with E-state index in [4.69, 9.17) is 0 Å². The molecule has 0 saturated carbocycles.